The molecule has 0 saturated carbocycles. The van der Waals surface area contributed by atoms with Gasteiger partial charge in [0.05, 0.1) is 17.2 Å². The Morgan fingerprint density at radius 3 is 2.64 bits per heavy atom. The van der Waals surface area contributed by atoms with Crippen LogP contribution in [-0.4, -0.2) is 29.1 Å². The first-order valence-electron chi connectivity index (χ1n) is 8.27. The molecule has 3 rings (SSSR count). The van der Waals surface area contributed by atoms with Crippen LogP contribution < -0.4 is 4.74 Å². The van der Waals surface area contributed by atoms with Crippen LogP contribution in [0.5, 0.6) is 5.75 Å². The Balaban J connectivity index is 1.86. The number of carbonyl (C=O) groups excluding carboxylic acids is 1. The van der Waals surface area contributed by atoms with Crippen LogP contribution in [0.4, 0.5) is 5.69 Å². The number of amidine groups is 1. The number of carbonyl (C=O) groups is 1. The van der Waals surface area contributed by atoms with E-state index in [4.69, 9.17) is 4.74 Å². The molecule has 1 amide bonds. The van der Waals surface area contributed by atoms with Gasteiger partial charge in [-0.15, -0.1) is 11.3 Å². The van der Waals surface area contributed by atoms with Crippen molar-refractivity contribution in [1.82, 2.24) is 4.90 Å². The second kappa shape index (κ2) is 8.36. The van der Waals surface area contributed by atoms with Gasteiger partial charge in [-0.05, 0) is 66.9 Å². The summed E-state index contributed by atoms with van der Waals surface area (Å²) >= 11 is 3.06. The highest BCUT2D eigenvalue weighted by Gasteiger charge is 2.32. The fraction of sp³-hybridized carbons (Fsp3) is 0.263. The van der Waals surface area contributed by atoms with Crippen molar-refractivity contribution >= 4 is 45.9 Å². The Kier molecular flexibility index (Phi) is 5.94. The SMILES string of the molecule is CCCN1C(=O)/C(=C/c2cccs2)SC1=Nc1ccc(OCC)cc1. The summed E-state index contributed by atoms with van der Waals surface area (Å²) < 4.78 is 5.46. The van der Waals surface area contributed by atoms with Gasteiger partial charge in [0, 0.05) is 11.4 Å². The van der Waals surface area contributed by atoms with E-state index in [2.05, 4.69) is 11.9 Å². The molecule has 1 fully saturated rings. The quantitative estimate of drug-likeness (QED) is 0.658. The normalized spacial score (nSPS) is 17.7. The number of thioether (sulfide) groups is 1. The molecule has 1 aromatic carbocycles. The molecule has 0 atom stereocenters. The third kappa shape index (κ3) is 4.32. The van der Waals surface area contributed by atoms with E-state index in [0.717, 1.165) is 32.8 Å². The Morgan fingerprint density at radius 2 is 2.00 bits per heavy atom. The Morgan fingerprint density at radius 1 is 1.20 bits per heavy atom. The molecule has 1 saturated heterocycles. The first kappa shape index (κ1) is 17.8. The zero-order chi connectivity index (χ0) is 17.6. The van der Waals surface area contributed by atoms with Crippen LogP contribution in [0.15, 0.2) is 51.7 Å². The number of aliphatic imine (C=N–C) groups is 1. The summed E-state index contributed by atoms with van der Waals surface area (Å²) in [7, 11) is 0. The summed E-state index contributed by atoms with van der Waals surface area (Å²) in [6.07, 6.45) is 2.84. The molecule has 4 nitrogen and oxygen atoms in total. The van der Waals surface area contributed by atoms with E-state index in [1.807, 2.05) is 54.8 Å². The van der Waals surface area contributed by atoms with Gasteiger partial charge in [-0.1, -0.05) is 13.0 Å². The van der Waals surface area contributed by atoms with Crippen LogP contribution in [0.3, 0.4) is 0 Å². The molecule has 2 aromatic rings. The average molecular weight is 373 g/mol. The number of nitrogens with zero attached hydrogens (tertiary/aromatic N) is 2. The minimum absolute atomic E-state index is 0.0323. The average Bonchev–Trinajstić information content (AvgIpc) is 3.22. The Labute approximate surface area is 156 Å². The van der Waals surface area contributed by atoms with E-state index in [1.165, 1.54) is 11.8 Å². The number of hydrogen-bond acceptors (Lipinski definition) is 5. The Bertz CT molecular complexity index is 780. The number of hydrogen-bond donors (Lipinski definition) is 0. The van der Waals surface area contributed by atoms with E-state index in [9.17, 15) is 4.79 Å². The second-order valence-corrected chi connectivity index (χ2v) is 7.39. The van der Waals surface area contributed by atoms with Gasteiger partial charge in [-0.3, -0.25) is 9.69 Å². The lowest BCUT2D eigenvalue weighted by Crippen LogP contribution is -2.29. The molecular formula is C19H20N2O2S2. The maximum absolute atomic E-state index is 12.7. The smallest absolute Gasteiger partial charge is 0.266 e. The van der Waals surface area contributed by atoms with Crippen LogP contribution in [0, 0.1) is 0 Å². The molecule has 1 aliphatic heterocycles. The number of ether oxygens (including phenoxy) is 1. The number of amides is 1. The van der Waals surface area contributed by atoms with Crippen molar-refractivity contribution in [1.29, 1.82) is 0 Å². The number of benzene rings is 1. The van der Waals surface area contributed by atoms with Gasteiger partial charge in [-0.2, -0.15) is 0 Å². The van der Waals surface area contributed by atoms with Crippen LogP contribution in [0.2, 0.25) is 0 Å². The minimum atomic E-state index is 0.0323. The van der Waals surface area contributed by atoms with Crippen LogP contribution in [0.25, 0.3) is 6.08 Å². The van der Waals surface area contributed by atoms with Crippen molar-refractivity contribution in [3.05, 3.63) is 51.6 Å². The molecule has 0 bridgehead atoms. The molecular weight excluding hydrogens is 352 g/mol. The van der Waals surface area contributed by atoms with Gasteiger partial charge in [0.2, 0.25) is 0 Å². The van der Waals surface area contributed by atoms with E-state index < -0.39 is 0 Å². The first-order chi connectivity index (χ1) is 12.2. The van der Waals surface area contributed by atoms with Gasteiger partial charge in [0.1, 0.15) is 5.75 Å². The molecule has 0 radical (unpaired) electrons. The minimum Gasteiger partial charge on any atom is -0.494 e. The summed E-state index contributed by atoms with van der Waals surface area (Å²) in [5, 5.41) is 2.74. The molecule has 1 aromatic heterocycles. The van der Waals surface area contributed by atoms with Crippen LogP contribution in [-0.2, 0) is 4.79 Å². The van der Waals surface area contributed by atoms with Crippen LogP contribution in [0.1, 0.15) is 25.1 Å². The summed E-state index contributed by atoms with van der Waals surface area (Å²) in [6.45, 7) is 5.33. The zero-order valence-corrected chi connectivity index (χ0v) is 15.9. The molecule has 0 aliphatic carbocycles. The van der Waals surface area contributed by atoms with Gasteiger partial charge in [0.15, 0.2) is 5.17 Å². The van der Waals surface area contributed by atoms with Crippen molar-refractivity contribution < 1.29 is 9.53 Å². The van der Waals surface area contributed by atoms with Gasteiger partial charge < -0.3 is 4.74 Å². The van der Waals surface area contributed by atoms with Gasteiger partial charge >= 0.3 is 0 Å². The number of thiophene rings is 1. The van der Waals surface area contributed by atoms with E-state index >= 15 is 0 Å². The molecule has 0 N–H and O–H groups in total. The van der Waals surface area contributed by atoms with Crippen molar-refractivity contribution in [3.63, 3.8) is 0 Å². The molecule has 1 aliphatic rings. The van der Waals surface area contributed by atoms with E-state index in [1.54, 1.807) is 16.2 Å². The summed E-state index contributed by atoms with van der Waals surface area (Å²) in [6, 6.07) is 11.6. The maximum atomic E-state index is 12.7. The Hall–Kier alpha value is -2.05. The van der Waals surface area contributed by atoms with Gasteiger partial charge in [-0.25, -0.2) is 4.99 Å². The lowest BCUT2D eigenvalue weighted by Gasteiger charge is -2.14. The molecule has 2 heterocycles. The van der Waals surface area contributed by atoms with Crippen molar-refractivity contribution in [2.75, 3.05) is 13.2 Å². The third-order valence-corrected chi connectivity index (χ3v) is 5.35. The molecule has 130 valence electrons. The highest BCUT2D eigenvalue weighted by atomic mass is 32.2. The monoisotopic (exact) mass is 372 g/mol. The van der Waals surface area contributed by atoms with E-state index in [0.29, 0.717) is 13.2 Å². The molecule has 25 heavy (non-hydrogen) atoms. The summed E-state index contributed by atoms with van der Waals surface area (Å²) in [5.74, 6) is 0.857. The largest absolute Gasteiger partial charge is 0.494 e. The fourth-order valence-corrected chi connectivity index (χ4v) is 4.16. The van der Waals surface area contributed by atoms with Gasteiger partial charge in [0.25, 0.3) is 5.91 Å². The lowest BCUT2D eigenvalue weighted by atomic mass is 10.3. The first-order valence-corrected chi connectivity index (χ1v) is 9.97. The standard InChI is InChI=1S/C19H20N2O2S2/c1-3-11-21-18(22)17(13-16-6-5-12-24-16)25-19(21)20-14-7-9-15(10-8-14)23-4-2/h5-10,12-13H,3-4,11H2,1-2H3/b17-13-,20-19?. The predicted octanol–water partition coefficient (Wildman–Crippen LogP) is 5.16. The van der Waals surface area contributed by atoms with E-state index in [-0.39, 0.29) is 5.91 Å². The summed E-state index contributed by atoms with van der Waals surface area (Å²) in [4.78, 5) is 20.9. The highest BCUT2D eigenvalue weighted by molar-refractivity contribution is 8.18. The predicted molar refractivity (Wildman–Crippen MR) is 107 cm³/mol. The fourth-order valence-electron chi connectivity index (χ4n) is 2.41. The summed E-state index contributed by atoms with van der Waals surface area (Å²) in [5.41, 5.74) is 0.817. The lowest BCUT2D eigenvalue weighted by molar-refractivity contribution is -0.122. The molecule has 0 spiro atoms. The topological polar surface area (TPSA) is 41.9 Å². The maximum Gasteiger partial charge on any atom is 0.266 e. The molecule has 6 heteroatoms. The van der Waals surface area contributed by atoms with Crippen molar-refractivity contribution in [3.8, 4) is 5.75 Å². The highest BCUT2D eigenvalue weighted by Crippen LogP contribution is 2.35. The van der Waals surface area contributed by atoms with Crippen molar-refractivity contribution in [2.45, 2.75) is 20.3 Å². The van der Waals surface area contributed by atoms with Crippen molar-refractivity contribution in [2.24, 2.45) is 4.99 Å². The number of rotatable bonds is 6. The van der Waals surface area contributed by atoms with Crippen LogP contribution >= 0.6 is 23.1 Å². The zero-order valence-electron chi connectivity index (χ0n) is 14.3. The molecule has 0 unspecified atom stereocenters. The third-order valence-electron chi connectivity index (χ3n) is 3.52. The second-order valence-electron chi connectivity index (χ2n) is 5.40.